The van der Waals surface area contributed by atoms with Gasteiger partial charge in [-0.15, -0.1) is 11.3 Å². The summed E-state index contributed by atoms with van der Waals surface area (Å²) in [6, 6.07) is 8.96. The minimum absolute atomic E-state index is 1.10. The van der Waals surface area contributed by atoms with E-state index in [4.69, 9.17) is 0 Å². The first-order valence-corrected chi connectivity index (χ1v) is 6.61. The van der Waals surface area contributed by atoms with Gasteiger partial charge in [-0.2, -0.15) is 0 Å². The van der Waals surface area contributed by atoms with Gasteiger partial charge in [0, 0.05) is 46.8 Å². The van der Waals surface area contributed by atoms with Gasteiger partial charge in [-0.3, -0.25) is 0 Å². The summed E-state index contributed by atoms with van der Waals surface area (Å²) in [5, 5.41) is 4.82. The molecule has 0 amide bonds. The molecule has 3 rings (SSSR count). The number of anilines is 1. The zero-order valence-corrected chi connectivity index (χ0v) is 10.3. The van der Waals surface area contributed by atoms with Gasteiger partial charge in [-0.25, -0.2) is 0 Å². The molecular formula is C13H16N2S. The minimum Gasteiger partial charge on any atom is -0.368 e. The lowest BCUT2D eigenvalue weighted by Gasteiger charge is -2.30. The molecule has 16 heavy (non-hydrogen) atoms. The second-order valence-corrected chi connectivity index (χ2v) is 5.57. The molecule has 1 aliphatic rings. The van der Waals surface area contributed by atoms with Gasteiger partial charge in [0.2, 0.25) is 0 Å². The molecule has 1 N–H and O–H groups in total. The summed E-state index contributed by atoms with van der Waals surface area (Å²) in [5.74, 6) is 0. The standard InChI is InChI=1S/C13H16N2S/c1-10-9-11-12(3-2-4-13(11)16-10)15-7-5-14-6-8-15/h2-4,9,14H,5-8H2,1H3. The molecule has 1 aromatic heterocycles. The Hall–Kier alpha value is -1.06. The average molecular weight is 232 g/mol. The van der Waals surface area contributed by atoms with Crippen molar-refractivity contribution in [3.8, 4) is 0 Å². The molecule has 2 heterocycles. The Morgan fingerprint density at radius 2 is 2.06 bits per heavy atom. The van der Waals surface area contributed by atoms with E-state index in [1.165, 1.54) is 20.7 Å². The quantitative estimate of drug-likeness (QED) is 0.813. The predicted molar refractivity (Wildman–Crippen MR) is 71.6 cm³/mol. The monoisotopic (exact) mass is 232 g/mol. The zero-order chi connectivity index (χ0) is 11.0. The van der Waals surface area contributed by atoms with Gasteiger partial charge in [-0.1, -0.05) is 6.07 Å². The van der Waals surface area contributed by atoms with Gasteiger partial charge >= 0.3 is 0 Å². The van der Waals surface area contributed by atoms with Gasteiger partial charge in [-0.05, 0) is 25.1 Å². The molecule has 0 bridgehead atoms. The number of nitrogens with zero attached hydrogens (tertiary/aromatic N) is 1. The van der Waals surface area contributed by atoms with E-state index < -0.39 is 0 Å². The molecule has 0 aliphatic carbocycles. The molecule has 1 aliphatic heterocycles. The molecule has 3 heteroatoms. The Balaban J connectivity index is 2.07. The topological polar surface area (TPSA) is 15.3 Å². The minimum atomic E-state index is 1.10. The first-order chi connectivity index (χ1) is 7.84. The largest absolute Gasteiger partial charge is 0.368 e. The Labute approximate surface area is 99.9 Å². The van der Waals surface area contributed by atoms with Crippen LogP contribution in [0.1, 0.15) is 4.88 Å². The third kappa shape index (κ3) is 1.70. The van der Waals surface area contributed by atoms with Crippen molar-refractivity contribution in [1.29, 1.82) is 0 Å². The van der Waals surface area contributed by atoms with Crippen molar-refractivity contribution in [2.45, 2.75) is 6.92 Å². The van der Waals surface area contributed by atoms with Gasteiger partial charge in [0.25, 0.3) is 0 Å². The maximum atomic E-state index is 3.40. The van der Waals surface area contributed by atoms with E-state index in [0.717, 1.165) is 26.2 Å². The summed E-state index contributed by atoms with van der Waals surface area (Å²) >= 11 is 1.89. The van der Waals surface area contributed by atoms with Crippen LogP contribution in [0.2, 0.25) is 0 Å². The fourth-order valence-electron chi connectivity index (χ4n) is 2.35. The van der Waals surface area contributed by atoms with Crippen LogP contribution in [-0.2, 0) is 0 Å². The van der Waals surface area contributed by atoms with Crippen LogP contribution in [-0.4, -0.2) is 26.2 Å². The van der Waals surface area contributed by atoms with Crippen molar-refractivity contribution in [2.24, 2.45) is 0 Å². The molecule has 1 aromatic carbocycles. The first-order valence-electron chi connectivity index (χ1n) is 5.79. The number of nitrogens with one attached hydrogen (secondary N) is 1. The fraction of sp³-hybridized carbons (Fsp3) is 0.385. The van der Waals surface area contributed by atoms with E-state index in [-0.39, 0.29) is 0 Å². The molecular weight excluding hydrogens is 216 g/mol. The summed E-state index contributed by atoms with van der Waals surface area (Å²) in [7, 11) is 0. The van der Waals surface area contributed by atoms with E-state index in [1.807, 2.05) is 11.3 Å². The van der Waals surface area contributed by atoms with Crippen LogP contribution < -0.4 is 10.2 Å². The Bertz CT molecular complexity index is 498. The number of hydrogen-bond donors (Lipinski definition) is 1. The van der Waals surface area contributed by atoms with E-state index in [1.54, 1.807) is 0 Å². The Morgan fingerprint density at radius 1 is 1.25 bits per heavy atom. The SMILES string of the molecule is Cc1cc2c(N3CCNCC3)cccc2s1. The Kier molecular flexibility index (Phi) is 2.58. The molecule has 84 valence electrons. The van der Waals surface area contributed by atoms with E-state index in [9.17, 15) is 0 Å². The highest BCUT2D eigenvalue weighted by molar-refractivity contribution is 7.19. The zero-order valence-electron chi connectivity index (χ0n) is 9.49. The summed E-state index contributed by atoms with van der Waals surface area (Å²) < 4.78 is 1.41. The highest BCUT2D eigenvalue weighted by Gasteiger charge is 2.13. The number of hydrogen-bond acceptors (Lipinski definition) is 3. The third-order valence-corrected chi connectivity index (χ3v) is 4.14. The molecule has 0 radical (unpaired) electrons. The van der Waals surface area contributed by atoms with Gasteiger partial charge in [0.15, 0.2) is 0 Å². The van der Waals surface area contributed by atoms with Crippen LogP contribution in [0.5, 0.6) is 0 Å². The second kappa shape index (κ2) is 4.07. The average Bonchev–Trinajstić information content (AvgIpc) is 2.70. The molecule has 2 nitrogen and oxygen atoms in total. The van der Waals surface area contributed by atoms with Crippen LogP contribution in [0.4, 0.5) is 5.69 Å². The highest BCUT2D eigenvalue weighted by Crippen LogP contribution is 2.33. The lowest BCUT2D eigenvalue weighted by atomic mass is 10.2. The number of rotatable bonds is 1. The van der Waals surface area contributed by atoms with Crippen LogP contribution in [0.15, 0.2) is 24.3 Å². The van der Waals surface area contributed by atoms with E-state index in [2.05, 4.69) is 41.4 Å². The molecule has 0 spiro atoms. The number of thiophene rings is 1. The van der Waals surface area contributed by atoms with Crippen molar-refractivity contribution < 1.29 is 0 Å². The van der Waals surface area contributed by atoms with Gasteiger partial charge < -0.3 is 10.2 Å². The van der Waals surface area contributed by atoms with Crippen LogP contribution in [0, 0.1) is 6.92 Å². The lowest BCUT2D eigenvalue weighted by Crippen LogP contribution is -2.43. The van der Waals surface area contributed by atoms with E-state index in [0.29, 0.717) is 0 Å². The van der Waals surface area contributed by atoms with Crippen molar-refractivity contribution >= 4 is 27.1 Å². The molecule has 1 saturated heterocycles. The van der Waals surface area contributed by atoms with Crippen molar-refractivity contribution in [3.63, 3.8) is 0 Å². The maximum Gasteiger partial charge on any atom is 0.0455 e. The molecule has 0 saturated carbocycles. The highest BCUT2D eigenvalue weighted by atomic mass is 32.1. The number of benzene rings is 1. The smallest absolute Gasteiger partial charge is 0.0455 e. The fourth-order valence-corrected chi connectivity index (χ4v) is 3.30. The lowest BCUT2D eigenvalue weighted by molar-refractivity contribution is 0.590. The molecule has 1 fully saturated rings. The van der Waals surface area contributed by atoms with Crippen LogP contribution >= 0.6 is 11.3 Å². The van der Waals surface area contributed by atoms with Crippen molar-refractivity contribution in [2.75, 3.05) is 31.1 Å². The summed E-state index contributed by atoms with van der Waals surface area (Å²) in [6.07, 6.45) is 0. The Morgan fingerprint density at radius 3 is 2.88 bits per heavy atom. The van der Waals surface area contributed by atoms with Gasteiger partial charge in [0.05, 0.1) is 0 Å². The third-order valence-electron chi connectivity index (χ3n) is 3.12. The summed E-state index contributed by atoms with van der Waals surface area (Å²) in [5.41, 5.74) is 1.41. The van der Waals surface area contributed by atoms with Crippen molar-refractivity contribution in [3.05, 3.63) is 29.1 Å². The number of aryl methyl sites for hydroxylation is 1. The predicted octanol–water partition coefficient (Wildman–Crippen LogP) is 2.62. The second-order valence-electron chi connectivity index (χ2n) is 4.28. The maximum absolute atomic E-state index is 3.40. The number of fused-ring (bicyclic) bond motifs is 1. The summed E-state index contributed by atoms with van der Waals surface area (Å²) in [6.45, 7) is 6.62. The molecule has 2 aromatic rings. The molecule has 0 unspecified atom stereocenters. The van der Waals surface area contributed by atoms with Gasteiger partial charge in [0.1, 0.15) is 0 Å². The number of piperazine rings is 1. The van der Waals surface area contributed by atoms with E-state index >= 15 is 0 Å². The molecule has 0 atom stereocenters. The summed E-state index contributed by atoms with van der Waals surface area (Å²) in [4.78, 5) is 3.89. The van der Waals surface area contributed by atoms with Crippen LogP contribution in [0.3, 0.4) is 0 Å². The van der Waals surface area contributed by atoms with Crippen molar-refractivity contribution in [1.82, 2.24) is 5.32 Å². The van der Waals surface area contributed by atoms with Crippen LogP contribution in [0.25, 0.3) is 10.1 Å². The normalized spacial score (nSPS) is 16.9. The first kappa shape index (κ1) is 10.1.